The number of amidine groups is 1. The Morgan fingerprint density at radius 3 is 2.71 bits per heavy atom. The summed E-state index contributed by atoms with van der Waals surface area (Å²) in [5.41, 5.74) is 3.68. The third-order valence-corrected chi connectivity index (χ3v) is 4.19. The number of phenols is 2. The Kier molecular flexibility index (Phi) is 6.03. The number of benzene rings is 1. The highest BCUT2D eigenvalue weighted by atomic mass is 16.3. The molecule has 1 saturated heterocycles. The van der Waals surface area contributed by atoms with Gasteiger partial charge in [-0.05, 0) is 30.4 Å². The molecular weight excluding hydrogens is 308 g/mol. The second kappa shape index (κ2) is 8.01. The van der Waals surface area contributed by atoms with Crippen LogP contribution in [0.15, 0.2) is 17.1 Å². The van der Waals surface area contributed by atoms with E-state index in [9.17, 15) is 15.0 Å². The lowest BCUT2D eigenvalue weighted by atomic mass is 9.98. The van der Waals surface area contributed by atoms with E-state index in [-0.39, 0.29) is 23.3 Å². The highest BCUT2D eigenvalue weighted by Gasteiger charge is 2.19. The number of aromatic hydroxyl groups is 2. The topological polar surface area (TPSA) is 111 Å². The van der Waals surface area contributed by atoms with E-state index in [2.05, 4.69) is 10.4 Å². The summed E-state index contributed by atoms with van der Waals surface area (Å²) in [6.45, 7) is 5.89. The number of aliphatic imine (C=N–C) groups is 1. The van der Waals surface area contributed by atoms with Crippen LogP contribution in [0.1, 0.15) is 50.2 Å². The fourth-order valence-corrected chi connectivity index (χ4v) is 2.85. The number of hydrazine groups is 1. The normalized spacial score (nSPS) is 15.4. The monoisotopic (exact) mass is 334 g/mol. The average Bonchev–Trinajstić information content (AvgIpc) is 2.93. The Morgan fingerprint density at radius 2 is 2.12 bits per heavy atom. The Labute approximate surface area is 142 Å². The first kappa shape index (κ1) is 18.1. The van der Waals surface area contributed by atoms with Crippen molar-refractivity contribution in [3.05, 3.63) is 23.3 Å². The third-order valence-electron chi connectivity index (χ3n) is 4.19. The summed E-state index contributed by atoms with van der Waals surface area (Å²) in [6, 6.07) is 3.00. The minimum Gasteiger partial charge on any atom is -0.508 e. The number of hydrogen-bond donors (Lipinski definition) is 4. The van der Waals surface area contributed by atoms with Crippen LogP contribution >= 0.6 is 0 Å². The van der Waals surface area contributed by atoms with Crippen molar-refractivity contribution < 1.29 is 15.0 Å². The van der Waals surface area contributed by atoms with Gasteiger partial charge in [-0.25, -0.2) is 5.84 Å². The minimum absolute atomic E-state index is 0.0511. The number of rotatable bonds is 6. The van der Waals surface area contributed by atoms with Gasteiger partial charge in [0.2, 0.25) is 5.91 Å². The number of hydrogen-bond acceptors (Lipinski definition) is 5. The molecule has 0 aromatic heterocycles. The van der Waals surface area contributed by atoms with Gasteiger partial charge in [0, 0.05) is 32.1 Å². The molecule has 0 radical (unpaired) electrons. The number of carbonyl (C=O) groups is 1. The maximum absolute atomic E-state index is 11.6. The molecule has 0 bridgehead atoms. The fourth-order valence-electron chi connectivity index (χ4n) is 2.85. The van der Waals surface area contributed by atoms with Crippen molar-refractivity contribution >= 4 is 11.7 Å². The molecule has 1 fully saturated rings. The van der Waals surface area contributed by atoms with Gasteiger partial charge in [0.15, 0.2) is 0 Å². The van der Waals surface area contributed by atoms with Crippen LogP contribution < -0.4 is 11.3 Å². The second-order valence-electron chi connectivity index (χ2n) is 6.30. The summed E-state index contributed by atoms with van der Waals surface area (Å²) in [4.78, 5) is 17.8. The van der Waals surface area contributed by atoms with Crippen LogP contribution in [0.2, 0.25) is 0 Å². The molecule has 0 saturated carbocycles. The van der Waals surface area contributed by atoms with Crippen LogP contribution in [-0.2, 0) is 4.79 Å². The first-order chi connectivity index (χ1) is 11.4. The minimum atomic E-state index is -0.0803. The lowest BCUT2D eigenvalue weighted by molar-refractivity contribution is -0.127. The summed E-state index contributed by atoms with van der Waals surface area (Å²) in [7, 11) is 0. The molecule has 2 rings (SSSR count). The summed E-state index contributed by atoms with van der Waals surface area (Å²) in [5, 5.41) is 20.0. The number of nitrogens with zero attached hydrogens (tertiary/aromatic N) is 2. The predicted molar refractivity (Wildman–Crippen MR) is 93.0 cm³/mol. The van der Waals surface area contributed by atoms with Crippen LogP contribution in [0.3, 0.4) is 0 Å². The fraction of sp³-hybridized carbons (Fsp3) is 0.529. The van der Waals surface area contributed by atoms with Gasteiger partial charge in [-0.1, -0.05) is 13.8 Å². The Morgan fingerprint density at radius 1 is 1.38 bits per heavy atom. The van der Waals surface area contributed by atoms with Crippen molar-refractivity contribution in [1.29, 1.82) is 0 Å². The molecule has 7 heteroatoms. The van der Waals surface area contributed by atoms with Gasteiger partial charge in [0.25, 0.3) is 0 Å². The van der Waals surface area contributed by atoms with Gasteiger partial charge in [-0.3, -0.25) is 9.79 Å². The van der Waals surface area contributed by atoms with Crippen molar-refractivity contribution in [2.24, 2.45) is 10.8 Å². The molecule has 24 heavy (non-hydrogen) atoms. The molecular formula is C17H26N4O3. The first-order valence-electron chi connectivity index (χ1n) is 8.29. The lowest BCUT2D eigenvalue weighted by Crippen LogP contribution is -2.32. The van der Waals surface area contributed by atoms with E-state index in [0.29, 0.717) is 36.5 Å². The quantitative estimate of drug-likeness (QED) is 0.207. The molecule has 0 atom stereocenters. The van der Waals surface area contributed by atoms with Gasteiger partial charge in [0.05, 0.1) is 5.56 Å². The van der Waals surface area contributed by atoms with Crippen molar-refractivity contribution in [3.8, 4) is 11.5 Å². The van der Waals surface area contributed by atoms with E-state index < -0.39 is 0 Å². The zero-order valence-corrected chi connectivity index (χ0v) is 14.2. The molecule has 7 nitrogen and oxygen atoms in total. The lowest BCUT2D eigenvalue weighted by Gasteiger charge is -2.15. The van der Waals surface area contributed by atoms with Crippen LogP contribution in [0.4, 0.5) is 0 Å². The van der Waals surface area contributed by atoms with Crippen LogP contribution in [0.5, 0.6) is 11.5 Å². The molecule has 1 aromatic carbocycles. The second-order valence-corrected chi connectivity index (χ2v) is 6.30. The number of phenolic OH excluding ortho intramolecular Hbond substituents is 2. The summed E-state index contributed by atoms with van der Waals surface area (Å²) in [5.74, 6) is 6.18. The molecule has 1 amide bonds. The predicted octanol–water partition coefficient (Wildman–Crippen LogP) is 1.44. The third kappa shape index (κ3) is 4.17. The molecule has 1 heterocycles. The largest absolute Gasteiger partial charge is 0.508 e. The Bertz CT molecular complexity index is 629. The highest BCUT2D eigenvalue weighted by Crippen LogP contribution is 2.32. The highest BCUT2D eigenvalue weighted by molar-refractivity contribution is 6.01. The van der Waals surface area contributed by atoms with Crippen molar-refractivity contribution in [3.63, 3.8) is 0 Å². The van der Waals surface area contributed by atoms with Gasteiger partial charge in [0.1, 0.15) is 17.3 Å². The van der Waals surface area contributed by atoms with Gasteiger partial charge in [-0.15, -0.1) is 0 Å². The van der Waals surface area contributed by atoms with E-state index in [1.54, 1.807) is 6.07 Å². The maximum atomic E-state index is 11.6. The summed E-state index contributed by atoms with van der Waals surface area (Å²) >= 11 is 0. The van der Waals surface area contributed by atoms with E-state index >= 15 is 0 Å². The molecule has 1 aliphatic rings. The SMILES string of the molecule is CC(C)c1cc(C(=NCCCN2CCCC2=O)NN)c(O)cc1O. The molecule has 0 aliphatic carbocycles. The molecule has 0 spiro atoms. The Balaban J connectivity index is 2.07. The van der Waals surface area contributed by atoms with Gasteiger partial charge >= 0.3 is 0 Å². The molecule has 1 aliphatic heterocycles. The average molecular weight is 334 g/mol. The smallest absolute Gasteiger partial charge is 0.222 e. The van der Waals surface area contributed by atoms with E-state index in [0.717, 1.165) is 19.4 Å². The van der Waals surface area contributed by atoms with Gasteiger partial charge in [-0.2, -0.15) is 0 Å². The van der Waals surface area contributed by atoms with Crippen molar-refractivity contribution in [2.75, 3.05) is 19.6 Å². The van der Waals surface area contributed by atoms with Crippen LogP contribution in [0, 0.1) is 0 Å². The molecule has 132 valence electrons. The van der Waals surface area contributed by atoms with Crippen molar-refractivity contribution in [2.45, 2.75) is 39.0 Å². The van der Waals surface area contributed by atoms with E-state index in [1.807, 2.05) is 18.7 Å². The number of amides is 1. The molecule has 1 aromatic rings. The maximum Gasteiger partial charge on any atom is 0.222 e. The summed E-state index contributed by atoms with van der Waals surface area (Å²) in [6.07, 6.45) is 2.29. The number of nitrogens with two attached hydrogens (primary N) is 1. The first-order valence-corrected chi connectivity index (χ1v) is 8.29. The number of carbonyl (C=O) groups excluding carboxylic acids is 1. The zero-order valence-electron chi connectivity index (χ0n) is 14.2. The summed E-state index contributed by atoms with van der Waals surface area (Å²) < 4.78 is 0. The number of nitrogens with one attached hydrogen (secondary N) is 1. The molecule has 5 N–H and O–H groups in total. The van der Waals surface area contributed by atoms with E-state index in [1.165, 1.54) is 6.07 Å². The zero-order chi connectivity index (χ0) is 17.7. The van der Waals surface area contributed by atoms with Crippen molar-refractivity contribution in [1.82, 2.24) is 10.3 Å². The van der Waals surface area contributed by atoms with E-state index in [4.69, 9.17) is 5.84 Å². The Hall–Kier alpha value is -2.28. The standard InChI is InChI=1S/C17H26N4O3/c1-11(2)12-9-13(15(23)10-14(12)22)17(20-18)19-6-4-8-21-7-3-5-16(21)24/h9-11,22-23H,3-8,18H2,1-2H3,(H,19,20). The van der Waals surface area contributed by atoms with Crippen LogP contribution in [0.25, 0.3) is 0 Å². The van der Waals surface area contributed by atoms with Crippen LogP contribution in [-0.4, -0.2) is 46.5 Å². The van der Waals surface area contributed by atoms with Gasteiger partial charge < -0.3 is 20.5 Å². The molecule has 0 unspecified atom stereocenters. The number of likely N-dealkylation sites (tertiary alicyclic amines) is 1.